The van der Waals surface area contributed by atoms with Crippen molar-refractivity contribution in [2.45, 2.75) is 6.92 Å². The highest BCUT2D eigenvalue weighted by molar-refractivity contribution is 7.80. The average molecular weight is 156 g/mol. The molecular weight excluding hydrogens is 148 g/mol. The van der Waals surface area contributed by atoms with E-state index in [1.54, 1.807) is 6.20 Å². The van der Waals surface area contributed by atoms with Crippen molar-refractivity contribution in [2.75, 3.05) is 5.32 Å². The molecule has 10 heavy (non-hydrogen) atoms. The van der Waals surface area contributed by atoms with Crippen molar-refractivity contribution in [3.05, 3.63) is 11.9 Å². The summed E-state index contributed by atoms with van der Waals surface area (Å²) in [6.45, 7) is 1.90. The summed E-state index contributed by atoms with van der Waals surface area (Å²) in [5.41, 5.74) is 6.17. The first-order chi connectivity index (χ1) is 4.68. The number of nitrogens with one attached hydrogen (secondary N) is 2. The van der Waals surface area contributed by atoms with Gasteiger partial charge in [-0.25, -0.2) is 4.98 Å². The van der Waals surface area contributed by atoms with E-state index in [2.05, 4.69) is 27.5 Å². The van der Waals surface area contributed by atoms with Crippen LogP contribution in [-0.4, -0.2) is 15.1 Å². The van der Waals surface area contributed by atoms with Gasteiger partial charge in [-0.1, -0.05) is 0 Å². The molecule has 5 heteroatoms. The Kier molecular flexibility index (Phi) is 1.86. The molecule has 0 saturated carbocycles. The lowest BCUT2D eigenvalue weighted by atomic mass is 10.6. The first kappa shape index (κ1) is 7.01. The number of aromatic amines is 1. The molecule has 0 aliphatic heterocycles. The topological polar surface area (TPSA) is 66.7 Å². The molecule has 0 aromatic carbocycles. The van der Waals surface area contributed by atoms with E-state index in [4.69, 9.17) is 5.73 Å². The third kappa shape index (κ3) is 1.70. The largest absolute Gasteiger partial charge is 0.376 e. The second-order valence-corrected chi connectivity index (χ2v) is 2.34. The van der Waals surface area contributed by atoms with Gasteiger partial charge in [-0.15, -0.1) is 0 Å². The summed E-state index contributed by atoms with van der Waals surface area (Å²) in [4.78, 5) is 6.84. The zero-order valence-electron chi connectivity index (χ0n) is 5.51. The van der Waals surface area contributed by atoms with E-state index in [9.17, 15) is 0 Å². The third-order valence-electron chi connectivity index (χ3n) is 0.944. The standard InChI is InChI=1S/C5H8N4S/c1-3-2-7-5(8-3)9-4(6)10/h2H,1H3,(H4,6,7,8,9,10). The second kappa shape index (κ2) is 2.66. The summed E-state index contributed by atoms with van der Waals surface area (Å²) in [5, 5.41) is 2.89. The summed E-state index contributed by atoms with van der Waals surface area (Å²) in [6, 6.07) is 0. The Morgan fingerprint density at radius 2 is 2.60 bits per heavy atom. The van der Waals surface area contributed by atoms with Gasteiger partial charge in [0, 0.05) is 11.9 Å². The summed E-state index contributed by atoms with van der Waals surface area (Å²) >= 11 is 4.59. The molecule has 54 valence electrons. The summed E-state index contributed by atoms with van der Waals surface area (Å²) in [5.74, 6) is 0.588. The molecule has 0 radical (unpaired) electrons. The van der Waals surface area contributed by atoms with Crippen LogP contribution >= 0.6 is 12.2 Å². The highest BCUT2D eigenvalue weighted by Crippen LogP contribution is 1.98. The molecule has 0 aliphatic rings. The molecule has 1 aromatic heterocycles. The Labute approximate surface area is 63.8 Å². The van der Waals surface area contributed by atoms with Crippen LogP contribution in [0.3, 0.4) is 0 Å². The van der Waals surface area contributed by atoms with Gasteiger partial charge in [0.15, 0.2) is 5.11 Å². The van der Waals surface area contributed by atoms with Crippen LogP contribution < -0.4 is 11.1 Å². The van der Waals surface area contributed by atoms with E-state index in [0.717, 1.165) is 5.69 Å². The van der Waals surface area contributed by atoms with Gasteiger partial charge in [-0.05, 0) is 19.1 Å². The number of aromatic nitrogens is 2. The Bertz CT molecular complexity index is 242. The van der Waals surface area contributed by atoms with Gasteiger partial charge in [0.25, 0.3) is 0 Å². The predicted molar refractivity (Wildman–Crippen MR) is 43.7 cm³/mol. The number of aryl methyl sites for hydroxylation is 1. The van der Waals surface area contributed by atoms with Gasteiger partial charge in [-0.3, -0.25) is 0 Å². The lowest BCUT2D eigenvalue weighted by Crippen LogP contribution is -2.19. The number of H-pyrrole nitrogens is 1. The minimum atomic E-state index is 0.217. The number of hydrogen-bond donors (Lipinski definition) is 3. The molecule has 0 spiro atoms. The van der Waals surface area contributed by atoms with Gasteiger partial charge in [-0.2, -0.15) is 0 Å². The van der Waals surface area contributed by atoms with Crippen molar-refractivity contribution in [2.24, 2.45) is 5.73 Å². The summed E-state index contributed by atoms with van der Waals surface area (Å²) < 4.78 is 0. The number of hydrogen-bond acceptors (Lipinski definition) is 2. The molecule has 4 nitrogen and oxygen atoms in total. The van der Waals surface area contributed by atoms with Gasteiger partial charge in [0.1, 0.15) is 0 Å². The first-order valence-electron chi connectivity index (χ1n) is 2.76. The van der Waals surface area contributed by atoms with Crippen LogP contribution in [0.5, 0.6) is 0 Å². The normalized spacial score (nSPS) is 9.30. The van der Waals surface area contributed by atoms with Crippen LogP contribution in [0.2, 0.25) is 0 Å². The van der Waals surface area contributed by atoms with Crippen LogP contribution in [0.25, 0.3) is 0 Å². The van der Waals surface area contributed by atoms with Gasteiger partial charge in [0.05, 0.1) is 0 Å². The predicted octanol–water partition coefficient (Wildman–Crippen LogP) is 0.374. The lowest BCUT2D eigenvalue weighted by Gasteiger charge is -1.95. The number of rotatable bonds is 1. The van der Waals surface area contributed by atoms with Crippen molar-refractivity contribution in [1.29, 1.82) is 0 Å². The van der Waals surface area contributed by atoms with Crippen LogP contribution in [0.4, 0.5) is 5.95 Å². The molecule has 0 saturated heterocycles. The van der Waals surface area contributed by atoms with Crippen molar-refractivity contribution in [3.8, 4) is 0 Å². The van der Waals surface area contributed by atoms with Gasteiger partial charge < -0.3 is 16.0 Å². The van der Waals surface area contributed by atoms with Gasteiger partial charge in [0.2, 0.25) is 5.95 Å². The van der Waals surface area contributed by atoms with Crippen LogP contribution in [0.15, 0.2) is 6.20 Å². The molecule has 4 N–H and O–H groups in total. The maximum Gasteiger partial charge on any atom is 0.206 e. The molecule has 1 heterocycles. The minimum absolute atomic E-state index is 0.217. The molecule has 0 bridgehead atoms. The Balaban J connectivity index is 2.67. The Morgan fingerprint density at radius 1 is 1.90 bits per heavy atom. The minimum Gasteiger partial charge on any atom is -0.376 e. The van der Waals surface area contributed by atoms with Crippen molar-refractivity contribution in [3.63, 3.8) is 0 Å². The molecule has 0 unspecified atom stereocenters. The quantitative estimate of drug-likeness (QED) is 0.514. The van der Waals surface area contributed by atoms with Crippen LogP contribution in [0, 0.1) is 6.92 Å². The van der Waals surface area contributed by atoms with E-state index in [0.29, 0.717) is 5.95 Å². The Hall–Kier alpha value is -1.10. The molecule has 1 rings (SSSR count). The van der Waals surface area contributed by atoms with E-state index in [-0.39, 0.29) is 5.11 Å². The second-order valence-electron chi connectivity index (χ2n) is 1.90. The average Bonchev–Trinajstić information content (AvgIpc) is 2.13. The van der Waals surface area contributed by atoms with Crippen molar-refractivity contribution in [1.82, 2.24) is 9.97 Å². The van der Waals surface area contributed by atoms with E-state index in [1.165, 1.54) is 0 Å². The number of nitrogens with zero attached hydrogens (tertiary/aromatic N) is 1. The van der Waals surface area contributed by atoms with Crippen LogP contribution in [-0.2, 0) is 0 Å². The number of imidazole rings is 1. The molecule has 0 fully saturated rings. The van der Waals surface area contributed by atoms with E-state index >= 15 is 0 Å². The molecule has 1 aromatic rings. The molecule has 0 amide bonds. The highest BCUT2D eigenvalue weighted by atomic mass is 32.1. The zero-order chi connectivity index (χ0) is 7.56. The fourth-order valence-electron chi connectivity index (χ4n) is 0.593. The maximum atomic E-state index is 5.19. The van der Waals surface area contributed by atoms with E-state index in [1.807, 2.05) is 6.92 Å². The molecular formula is C5H8N4S. The zero-order valence-corrected chi connectivity index (χ0v) is 6.33. The number of nitrogens with two attached hydrogens (primary N) is 1. The number of thiocarbonyl (C=S) groups is 1. The van der Waals surface area contributed by atoms with Crippen LogP contribution in [0.1, 0.15) is 5.69 Å². The smallest absolute Gasteiger partial charge is 0.206 e. The fourth-order valence-corrected chi connectivity index (χ4v) is 0.690. The SMILES string of the molecule is Cc1cnc(NC(N)=S)[nH]1. The highest BCUT2D eigenvalue weighted by Gasteiger charge is 1.94. The lowest BCUT2D eigenvalue weighted by molar-refractivity contribution is 1.25. The summed E-state index contributed by atoms with van der Waals surface area (Å²) in [7, 11) is 0. The Morgan fingerprint density at radius 3 is 3.00 bits per heavy atom. The van der Waals surface area contributed by atoms with Gasteiger partial charge >= 0.3 is 0 Å². The molecule has 0 aliphatic carbocycles. The third-order valence-corrected chi connectivity index (χ3v) is 1.05. The van der Waals surface area contributed by atoms with E-state index < -0.39 is 0 Å². The molecule has 0 atom stereocenters. The number of anilines is 1. The van der Waals surface area contributed by atoms with Crippen molar-refractivity contribution < 1.29 is 0 Å². The first-order valence-corrected chi connectivity index (χ1v) is 3.17. The fraction of sp³-hybridized carbons (Fsp3) is 0.200. The summed E-state index contributed by atoms with van der Waals surface area (Å²) in [6.07, 6.45) is 1.70. The monoisotopic (exact) mass is 156 g/mol. The maximum absolute atomic E-state index is 5.19. The van der Waals surface area contributed by atoms with Crippen molar-refractivity contribution >= 4 is 23.3 Å².